The molecule has 4 heteroatoms. The van der Waals surface area contributed by atoms with Crippen molar-refractivity contribution in [2.45, 2.75) is 44.3 Å². The van der Waals surface area contributed by atoms with E-state index in [0.717, 1.165) is 31.4 Å². The van der Waals surface area contributed by atoms with Crippen LogP contribution in [-0.2, 0) is 17.8 Å². The van der Waals surface area contributed by atoms with Crippen LogP contribution in [0, 0.1) is 0 Å². The molecule has 1 fully saturated rings. The number of allylic oxidation sites excluding steroid dienone is 1. The number of amides is 1. The number of hydrogen-bond donors (Lipinski definition) is 1. The maximum absolute atomic E-state index is 13.5. The van der Waals surface area contributed by atoms with Gasteiger partial charge >= 0.3 is 0 Å². The minimum Gasteiger partial charge on any atom is -0.508 e. The Kier molecular flexibility index (Phi) is 6.88. The molecule has 28 heavy (non-hydrogen) atoms. The minimum atomic E-state index is -0.170. The maximum Gasteiger partial charge on any atom is 0.240 e. The van der Waals surface area contributed by atoms with E-state index in [2.05, 4.69) is 30.7 Å². The molecule has 1 aliphatic heterocycles. The Balaban J connectivity index is 1.82. The molecule has 2 aromatic rings. The van der Waals surface area contributed by atoms with E-state index in [4.69, 9.17) is 0 Å². The Bertz CT molecular complexity index is 773. The first-order valence-electron chi connectivity index (χ1n) is 10.0. The number of aromatic hydroxyl groups is 1. The van der Waals surface area contributed by atoms with Crippen LogP contribution in [0.15, 0.2) is 67.3 Å². The summed E-state index contributed by atoms with van der Waals surface area (Å²) in [6.07, 6.45) is 5.61. The zero-order valence-electron chi connectivity index (χ0n) is 16.6. The molecule has 1 N–H and O–H groups in total. The molecule has 4 nitrogen and oxygen atoms in total. The van der Waals surface area contributed by atoms with E-state index in [1.165, 1.54) is 5.56 Å². The highest BCUT2D eigenvalue weighted by molar-refractivity contribution is 5.82. The summed E-state index contributed by atoms with van der Waals surface area (Å²) in [5.41, 5.74) is 2.22. The molecule has 0 bridgehead atoms. The van der Waals surface area contributed by atoms with Crippen molar-refractivity contribution in [3.8, 4) is 5.75 Å². The summed E-state index contributed by atoms with van der Waals surface area (Å²) in [5, 5.41) is 9.52. The van der Waals surface area contributed by atoms with Crippen LogP contribution in [0.3, 0.4) is 0 Å². The largest absolute Gasteiger partial charge is 0.508 e. The van der Waals surface area contributed by atoms with Gasteiger partial charge in [-0.1, -0.05) is 48.5 Å². The number of hydrogen-bond acceptors (Lipinski definition) is 3. The highest BCUT2D eigenvalue weighted by atomic mass is 16.3. The summed E-state index contributed by atoms with van der Waals surface area (Å²) in [6, 6.07) is 17.6. The average Bonchev–Trinajstić information content (AvgIpc) is 2.81. The van der Waals surface area contributed by atoms with Crippen LogP contribution in [0.25, 0.3) is 0 Å². The average molecular weight is 379 g/mol. The molecule has 148 valence electrons. The van der Waals surface area contributed by atoms with Gasteiger partial charge in [0.05, 0.1) is 6.04 Å². The first kappa shape index (κ1) is 20.2. The van der Waals surface area contributed by atoms with E-state index >= 15 is 0 Å². The molecule has 1 saturated heterocycles. The summed E-state index contributed by atoms with van der Waals surface area (Å²) in [4.78, 5) is 17.7. The van der Waals surface area contributed by atoms with Gasteiger partial charge in [0.1, 0.15) is 5.75 Å². The highest BCUT2D eigenvalue weighted by Crippen LogP contribution is 2.24. The van der Waals surface area contributed by atoms with Crippen LogP contribution in [0.2, 0.25) is 0 Å². The number of nitrogens with zero attached hydrogens (tertiary/aromatic N) is 2. The lowest BCUT2D eigenvalue weighted by atomic mass is 10.0. The third-order valence-corrected chi connectivity index (χ3v) is 5.68. The summed E-state index contributed by atoms with van der Waals surface area (Å²) < 4.78 is 0. The Morgan fingerprint density at radius 3 is 2.50 bits per heavy atom. The summed E-state index contributed by atoms with van der Waals surface area (Å²) in [6.45, 7) is 5.18. The fraction of sp³-hybridized carbons (Fsp3) is 0.375. The molecule has 1 amide bonds. The molecule has 0 radical (unpaired) electrons. The van der Waals surface area contributed by atoms with Crippen LogP contribution in [0.5, 0.6) is 5.75 Å². The van der Waals surface area contributed by atoms with Crippen molar-refractivity contribution in [2.24, 2.45) is 0 Å². The molecule has 0 aliphatic carbocycles. The molecular formula is C24H30N2O2. The predicted molar refractivity (Wildman–Crippen MR) is 113 cm³/mol. The highest BCUT2D eigenvalue weighted by Gasteiger charge is 2.35. The predicted octanol–water partition coefficient (Wildman–Crippen LogP) is 4.00. The van der Waals surface area contributed by atoms with Crippen LogP contribution in [-0.4, -0.2) is 46.5 Å². The van der Waals surface area contributed by atoms with Gasteiger partial charge < -0.3 is 10.0 Å². The van der Waals surface area contributed by atoms with E-state index in [9.17, 15) is 9.90 Å². The molecule has 0 saturated carbocycles. The van der Waals surface area contributed by atoms with Crippen LogP contribution in [0.1, 0.15) is 30.4 Å². The number of likely N-dealkylation sites (N-methyl/N-ethyl adjacent to an activating group) is 1. The topological polar surface area (TPSA) is 43.8 Å². The molecule has 2 atom stereocenters. The van der Waals surface area contributed by atoms with Crippen LogP contribution < -0.4 is 0 Å². The Morgan fingerprint density at radius 2 is 1.82 bits per heavy atom. The fourth-order valence-electron chi connectivity index (χ4n) is 3.96. The van der Waals surface area contributed by atoms with Gasteiger partial charge in [-0.25, -0.2) is 0 Å². The summed E-state index contributed by atoms with van der Waals surface area (Å²) in [5.74, 6) is 0.428. The van der Waals surface area contributed by atoms with Crippen molar-refractivity contribution in [3.05, 3.63) is 78.4 Å². The monoisotopic (exact) mass is 378 g/mol. The molecule has 1 aliphatic rings. The summed E-state index contributed by atoms with van der Waals surface area (Å²) >= 11 is 0. The van der Waals surface area contributed by atoms with Gasteiger partial charge in [0, 0.05) is 19.1 Å². The van der Waals surface area contributed by atoms with Crippen molar-refractivity contribution in [1.82, 2.24) is 9.80 Å². The standard InChI is InChI=1S/C24H30N2O2/c1-3-4-10-21-15-16-26(18-20-11-13-22(27)14-12-20)24(28)23(25(21)2)17-19-8-6-5-7-9-19/h3,5-9,11-14,21,23,27H,1,4,10,15-18H2,2H3/t21-,23+/m1/s1. The van der Waals surface area contributed by atoms with E-state index < -0.39 is 0 Å². The van der Waals surface area contributed by atoms with E-state index in [1.807, 2.05) is 41.3 Å². The van der Waals surface area contributed by atoms with Gasteiger partial charge in [-0.3, -0.25) is 9.69 Å². The molecule has 2 aromatic carbocycles. The normalized spacial score (nSPS) is 20.8. The fourth-order valence-corrected chi connectivity index (χ4v) is 3.96. The first-order chi connectivity index (χ1) is 13.6. The number of phenolic OH excluding ortho intramolecular Hbond substituents is 1. The van der Waals surface area contributed by atoms with Crippen molar-refractivity contribution in [1.29, 1.82) is 0 Å². The van der Waals surface area contributed by atoms with Gasteiger partial charge in [-0.05, 0) is 56.0 Å². The van der Waals surface area contributed by atoms with Gasteiger partial charge in [0.2, 0.25) is 5.91 Å². The molecule has 0 unspecified atom stereocenters. The maximum atomic E-state index is 13.5. The number of carbonyl (C=O) groups is 1. The smallest absolute Gasteiger partial charge is 0.240 e. The Labute approximate surface area is 168 Å². The molecular weight excluding hydrogens is 348 g/mol. The molecule has 1 heterocycles. The van der Waals surface area contributed by atoms with Gasteiger partial charge in [-0.15, -0.1) is 6.58 Å². The number of rotatable bonds is 7. The third kappa shape index (κ3) is 5.02. The minimum absolute atomic E-state index is 0.170. The third-order valence-electron chi connectivity index (χ3n) is 5.68. The number of phenols is 1. The second kappa shape index (κ2) is 9.56. The SMILES string of the molecule is C=CCC[C@@H]1CCN(Cc2ccc(O)cc2)C(=O)[C@H](Cc2ccccc2)N1C. The second-order valence-electron chi connectivity index (χ2n) is 7.61. The molecule has 3 rings (SSSR count). The van der Waals surface area contributed by atoms with Crippen molar-refractivity contribution >= 4 is 5.91 Å². The Hall–Kier alpha value is -2.59. The van der Waals surface area contributed by atoms with E-state index in [-0.39, 0.29) is 17.7 Å². The lowest BCUT2D eigenvalue weighted by molar-refractivity contribution is -0.136. The second-order valence-corrected chi connectivity index (χ2v) is 7.61. The van der Waals surface area contributed by atoms with Gasteiger partial charge in [-0.2, -0.15) is 0 Å². The number of carbonyl (C=O) groups excluding carboxylic acids is 1. The number of benzene rings is 2. The van der Waals surface area contributed by atoms with Crippen molar-refractivity contribution < 1.29 is 9.90 Å². The lowest BCUT2D eigenvalue weighted by Crippen LogP contribution is -2.47. The van der Waals surface area contributed by atoms with E-state index in [0.29, 0.717) is 19.0 Å². The van der Waals surface area contributed by atoms with Crippen molar-refractivity contribution in [2.75, 3.05) is 13.6 Å². The molecule has 0 spiro atoms. The van der Waals surface area contributed by atoms with Gasteiger partial charge in [0.15, 0.2) is 0 Å². The van der Waals surface area contributed by atoms with Crippen molar-refractivity contribution in [3.63, 3.8) is 0 Å². The molecule has 0 aromatic heterocycles. The quantitative estimate of drug-likeness (QED) is 0.741. The Morgan fingerprint density at radius 1 is 1.11 bits per heavy atom. The zero-order valence-corrected chi connectivity index (χ0v) is 16.6. The van der Waals surface area contributed by atoms with Gasteiger partial charge in [0.25, 0.3) is 0 Å². The van der Waals surface area contributed by atoms with E-state index in [1.54, 1.807) is 12.1 Å². The summed E-state index contributed by atoms with van der Waals surface area (Å²) in [7, 11) is 2.09. The lowest BCUT2D eigenvalue weighted by Gasteiger charge is -2.32. The van der Waals surface area contributed by atoms with Crippen LogP contribution in [0.4, 0.5) is 0 Å². The zero-order chi connectivity index (χ0) is 19.9. The first-order valence-corrected chi connectivity index (χ1v) is 10.0. The van der Waals surface area contributed by atoms with Crippen LogP contribution >= 0.6 is 0 Å².